The number of alkyl halides is 3. The number of rotatable bonds is 4. The van der Waals surface area contributed by atoms with E-state index in [9.17, 15) is 18.0 Å². The smallest absolute Gasteiger partial charge is 0.403 e. The van der Waals surface area contributed by atoms with Crippen molar-refractivity contribution in [3.05, 3.63) is 80.8 Å². The molecular formula is C23H15ClF3N3O3. The van der Waals surface area contributed by atoms with Crippen LogP contribution in [-0.4, -0.2) is 23.3 Å². The normalized spacial score (nSPS) is 11.9. The van der Waals surface area contributed by atoms with Crippen molar-refractivity contribution >= 4 is 28.7 Å². The number of fused-ring (bicyclic) bond motifs is 1. The van der Waals surface area contributed by atoms with E-state index >= 15 is 0 Å². The van der Waals surface area contributed by atoms with Crippen LogP contribution in [0.2, 0.25) is 5.02 Å². The predicted octanol–water partition coefficient (Wildman–Crippen LogP) is 5.88. The van der Waals surface area contributed by atoms with Crippen LogP contribution in [0.3, 0.4) is 0 Å². The van der Waals surface area contributed by atoms with Gasteiger partial charge in [0.2, 0.25) is 5.89 Å². The van der Waals surface area contributed by atoms with Crippen LogP contribution in [0.4, 0.5) is 13.2 Å². The zero-order valence-corrected chi connectivity index (χ0v) is 18.0. The van der Waals surface area contributed by atoms with E-state index in [1.165, 1.54) is 37.7 Å². The Morgan fingerprint density at radius 1 is 1.15 bits per heavy atom. The molecule has 0 spiro atoms. The first-order chi connectivity index (χ1) is 15.7. The highest BCUT2D eigenvalue weighted by Gasteiger charge is 2.32. The Labute approximate surface area is 190 Å². The van der Waals surface area contributed by atoms with Gasteiger partial charge in [-0.2, -0.15) is 13.2 Å². The first-order valence-corrected chi connectivity index (χ1v) is 9.91. The van der Waals surface area contributed by atoms with E-state index in [0.717, 1.165) is 12.1 Å². The van der Waals surface area contributed by atoms with Gasteiger partial charge in [0.15, 0.2) is 0 Å². The first-order valence-electron chi connectivity index (χ1n) is 9.53. The molecule has 0 radical (unpaired) electrons. The van der Waals surface area contributed by atoms with Crippen LogP contribution in [0.15, 0.2) is 63.0 Å². The van der Waals surface area contributed by atoms with Crippen LogP contribution in [0, 0.1) is 6.92 Å². The van der Waals surface area contributed by atoms with Crippen molar-refractivity contribution in [1.82, 2.24) is 9.97 Å². The molecule has 33 heavy (non-hydrogen) atoms. The zero-order chi connectivity index (χ0) is 23.8. The fraction of sp³-hybridized carbons (Fsp3) is 0.130. The zero-order valence-electron chi connectivity index (χ0n) is 17.3. The van der Waals surface area contributed by atoms with Crippen LogP contribution in [0.25, 0.3) is 33.6 Å². The molecule has 0 atom stereocenters. The lowest BCUT2D eigenvalue weighted by atomic mass is 9.99. The van der Waals surface area contributed by atoms with E-state index < -0.39 is 17.4 Å². The molecule has 0 amide bonds. The van der Waals surface area contributed by atoms with E-state index in [-0.39, 0.29) is 33.1 Å². The van der Waals surface area contributed by atoms with Crippen molar-refractivity contribution in [3.63, 3.8) is 0 Å². The molecule has 0 fully saturated rings. The quantitative estimate of drug-likeness (QED) is 0.273. The molecule has 0 bridgehead atoms. The minimum atomic E-state index is -4.59. The molecule has 4 aromatic rings. The molecule has 0 aliphatic heterocycles. The summed E-state index contributed by atoms with van der Waals surface area (Å²) in [5.41, 5.74) is 0.260. The van der Waals surface area contributed by atoms with Crippen LogP contribution in [0.5, 0.6) is 0 Å². The van der Waals surface area contributed by atoms with E-state index in [0.29, 0.717) is 16.6 Å². The molecule has 2 aromatic carbocycles. The van der Waals surface area contributed by atoms with Crippen molar-refractivity contribution in [3.8, 4) is 22.7 Å². The summed E-state index contributed by atoms with van der Waals surface area (Å²) in [5.74, 6) is -0.153. The fourth-order valence-electron chi connectivity index (χ4n) is 3.37. The van der Waals surface area contributed by atoms with Crippen molar-refractivity contribution < 1.29 is 22.4 Å². The molecule has 0 saturated heterocycles. The lowest BCUT2D eigenvalue weighted by molar-refractivity contribution is -0.137. The van der Waals surface area contributed by atoms with Gasteiger partial charge in [-0.15, -0.1) is 0 Å². The summed E-state index contributed by atoms with van der Waals surface area (Å²) >= 11 is 6.22. The van der Waals surface area contributed by atoms with Crippen molar-refractivity contribution in [2.45, 2.75) is 13.1 Å². The molecule has 10 heteroatoms. The number of benzene rings is 2. The van der Waals surface area contributed by atoms with E-state index in [1.807, 2.05) is 0 Å². The SMILES string of the molecule is CO/N=C\c1cc(C)c2nc(-c3ccc(C(F)(F)F)cc3-c3ncccc3Cl)oc(=O)c2c1. The van der Waals surface area contributed by atoms with Crippen LogP contribution in [-0.2, 0) is 11.0 Å². The Morgan fingerprint density at radius 2 is 1.94 bits per heavy atom. The monoisotopic (exact) mass is 473 g/mol. The number of hydrogen-bond acceptors (Lipinski definition) is 6. The van der Waals surface area contributed by atoms with Crippen LogP contribution < -0.4 is 5.63 Å². The largest absolute Gasteiger partial charge is 0.416 e. The number of aromatic nitrogens is 2. The van der Waals surface area contributed by atoms with E-state index in [2.05, 4.69) is 20.0 Å². The second-order valence-electron chi connectivity index (χ2n) is 7.05. The number of aryl methyl sites for hydroxylation is 1. The average molecular weight is 474 g/mol. The predicted molar refractivity (Wildman–Crippen MR) is 118 cm³/mol. The highest BCUT2D eigenvalue weighted by molar-refractivity contribution is 6.33. The molecule has 0 saturated carbocycles. The third-order valence-electron chi connectivity index (χ3n) is 4.84. The molecule has 4 rings (SSSR count). The molecule has 2 aromatic heterocycles. The van der Waals surface area contributed by atoms with Gasteiger partial charge in [-0.1, -0.05) is 16.8 Å². The van der Waals surface area contributed by atoms with E-state index in [1.54, 1.807) is 19.1 Å². The molecular weight excluding hydrogens is 459 g/mol. The Kier molecular flexibility index (Phi) is 5.90. The minimum absolute atomic E-state index is 0.0342. The van der Waals surface area contributed by atoms with Crippen LogP contribution in [0.1, 0.15) is 16.7 Å². The molecule has 6 nitrogen and oxygen atoms in total. The van der Waals surface area contributed by atoms with Crippen molar-refractivity contribution in [2.24, 2.45) is 5.16 Å². The molecule has 0 aliphatic carbocycles. The van der Waals surface area contributed by atoms with Gasteiger partial charge >= 0.3 is 11.8 Å². The summed E-state index contributed by atoms with van der Waals surface area (Å²) in [6.45, 7) is 1.74. The summed E-state index contributed by atoms with van der Waals surface area (Å²) in [5, 5.41) is 4.01. The summed E-state index contributed by atoms with van der Waals surface area (Å²) < 4.78 is 45.6. The van der Waals surface area contributed by atoms with Gasteiger partial charge in [0.25, 0.3) is 0 Å². The summed E-state index contributed by atoms with van der Waals surface area (Å²) in [6, 6.07) is 9.33. The summed E-state index contributed by atoms with van der Waals surface area (Å²) in [4.78, 5) is 26.0. The first kappa shape index (κ1) is 22.5. The maximum absolute atomic E-state index is 13.4. The lowest BCUT2D eigenvalue weighted by Crippen LogP contribution is -2.08. The number of pyridine rings is 1. The third-order valence-corrected chi connectivity index (χ3v) is 5.15. The van der Waals surface area contributed by atoms with Gasteiger partial charge in [-0.25, -0.2) is 9.78 Å². The molecule has 0 unspecified atom stereocenters. The Balaban J connectivity index is 1.98. The Hall–Kier alpha value is -3.72. The average Bonchev–Trinajstić information content (AvgIpc) is 2.77. The fourth-order valence-corrected chi connectivity index (χ4v) is 3.59. The Morgan fingerprint density at radius 3 is 2.64 bits per heavy atom. The van der Waals surface area contributed by atoms with Gasteiger partial charge in [0.05, 0.1) is 33.4 Å². The van der Waals surface area contributed by atoms with Gasteiger partial charge in [0.1, 0.15) is 7.11 Å². The molecule has 2 heterocycles. The maximum Gasteiger partial charge on any atom is 0.416 e. The molecule has 0 N–H and O–H groups in total. The Bertz CT molecular complexity index is 1450. The van der Waals surface area contributed by atoms with Gasteiger partial charge in [-0.3, -0.25) is 4.98 Å². The van der Waals surface area contributed by atoms with Crippen molar-refractivity contribution in [2.75, 3.05) is 7.11 Å². The number of nitrogens with zero attached hydrogens (tertiary/aromatic N) is 3. The second-order valence-corrected chi connectivity index (χ2v) is 7.46. The lowest BCUT2D eigenvalue weighted by Gasteiger charge is -2.14. The summed E-state index contributed by atoms with van der Waals surface area (Å²) in [6.07, 6.45) is -1.76. The van der Waals surface area contributed by atoms with Crippen molar-refractivity contribution in [1.29, 1.82) is 0 Å². The third kappa shape index (κ3) is 4.45. The number of hydrogen-bond donors (Lipinski definition) is 0. The van der Waals surface area contributed by atoms with Gasteiger partial charge in [-0.05, 0) is 60.5 Å². The molecule has 0 aliphatic rings. The standard InChI is InChI=1S/C23H15ClF3N3O3/c1-12-8-13(11-29-32-2)9-17-19(12)30-21(33-22(17)31)15-6-5-14(23(25,26)27)10-16(15)20-18(24)4-3-7-28-20/h3-11H,1-2H3/b29-11-. The highest BCUT2D eigenvalue weighted by Crippen LogP contribution is 2.39. The van der Waals surface area contributed by atoms with Gasteiger partial charge in [0, 0.05) is 17.3 Å². The van der Waals surface area contributed by atoms with E-state index in [4.69, 9.17) is 16.0 Å². The highest BCUT2D eigenvalue weighted by atomic mass is 35.5. The van der Waals surface area contributed by atoms with Gasteiger partial charge < -0.3 is 9.25 Å². The second kappa shape index (κ2) is 8.67. The minimum Gasteiger partial charge on any atom is -0.403 e. The summed E-state index contributed by atoms with van der Waals surface area (Å²) in [7, 11) is 1.39. The number of oxime groups is 1. The maximum atomic E-state index is 13.4. The number of halogens is 4. The van der Waals surface area contributed by atoms with Crippen LogP contribution >= 0.6 is 11.6 Å². The topological polar surface area (TPSA) is 77.6 Å². The molecule has 168 valence electrons.